The molecule has 4 rings (SSSR count). The van der Waals surface area contributed by atoms with Crippen molar-refractivity contribution in [3.63, 3.8) is 0 Å². The molecule has 0 fully saturated rings. The number of hydrogen-bond donors (Lipinski definition) is 2. The van der Waals surface area contributed by atoms with Crippen molar-refractivity contribution in [2.24, 2.45) is 0 Å². The van der Waals surface area contributed by atoms with Gasteiger partial charge in [0.1, 0.15) is 11.1 Å². The van der Waals surface area contributed by atoms with E-state index >= 15 is 0 Å². The van der Waals surface area contributed by atoms with E-state index in [2.05, 4.69) is 68.1 Å². The summed E-state index contributed by atoms with van der Waals surface area (Å²) < 4.78 is 2.86. The van der Waals surface area contributed by atoms with E-state index in [-0.39, 0.29) is 17.2 Å². The smallest absolute Gasteiger partial charge is 0.240 e. The topological polar surface area (TPSA) is 71.8 Å². The maximum atomic E-state index is 13.2. The van der Waals surface area contributed by atoms with Gasteiger partial charge in [0.05, 0.1) is 6.04 Å². The molecule has 0 aliphatic carbocycles. The van der Waals surface area contributed by atoms with Gasteiger partial charge in [-0.1, -0.05) is 57.5 Å². The third kappa shape index (κ3) is 3.66. The first-order chi connectivity index (χ1) is 13.4. The van der Waals surface area contributed by atoms with Crippen LogP contribution in [0.5, 0.6) is 0 Å². The van der Waals surface area contributed by atoms with Crippen molar-refractivity contribution in [3.8, 4) is 0 Å². The molecule has 2 heterocycles. The Bertz CT molecular complexity index is 1030. The number of amides is 1. The Hall–Kier alpha value is -2.32. The van der Waals surface area contributed by atoms with Crippen molar-refractivity contribution in [2.45, 2.75) is 37.2 Å². The lowest BCUT2D eigenvalue weighted by Gasteiger charge is -2.32. The van der Waals surface area contributed by atoms with E-state index < -0.39 is 0 Å². The van der Waals surface area contributed by atoms with E-state index in [1.807, 2.05) is 36.7 Å². The molecule has 0 saturated heterocycles. The standard InChI is InChI=1S/C20H20BrN5OS/c1-11-4-6-14(7-5-11)17-18(28-20-24-23-13(3)26(20)25-17)19(27)22-15-8-9-16(21)12(2)10-15/h4-10,17-18,25H,1-3H3,(H,22,27)/t17-,18+/m1/s1. The third-order valence-electron chi connectivity index (χ3n) is 4.72. The molecule has 1 aromatic heterocycles. The van der Waals surface area contributed by atoms with Crippen LogP contribution >= 0.6 is 27.7 Å². The van der Waals surface area contributed by atoms with Gasteiger partial charge in [-0.3, -0.25) is 4.79 Å². The van der Waals surface area contributed by atoms with Crippen LogP contribution in [0.3, 0.4) is 0 Å². The lowest BCUT2D eigenvalue weighted by molar-refractivity contribution is -0.116. The van der Waals surface area contributed by atoms with Gasteiger partial charge in [-0.05, 0) is 50.1 Å². The van der Waals surface area contributed by atoms with Crippen molar-refractivity contribution < 1.29 is 4.79 Å². The molecule has 1 amide bonds. The number of carbonyl (C=O) groups is 1. The molecule has 144 valence electrons. The Morgan fingerprint density at radius 1 is 1.14 bits per heavy atom. The van der Waals surface area contributed by atoms with Gasteiger partial charge in [0.25, 0.3) is 0 Å². The predicted octanol–water partition coefficient (Wildman–Crippen LogP) is 4.36. The molecule has 2 atom stereocenters. The van der Waals surface area contributed by atoms with Gasteiger partial charge in [0.15, 0.2) is 0 Å². The van der Waals surface area contributed by atoms with Crippen LogP contribution in [-0.2, 0) is 4.79 Å². The fourth-order valence-corrected chi connectivity index (χ4v) is 4.49. The number of carbonyl (C=O) groups excluding carboxylic acids is 1. The van der Waals surface area contributed by atoms with E-state index in [0.717, 1.165) is 27.1 Å². The fourth-order valence-electron chi connectivity index (χ4n) is 3.12. The van der Waals surface area contributed by atoms with Crippen molar-refractivity contribution in [1.29, 1.82) is 0 Å². The summed E-state index contributed by atoms with van der Waals surface area (Å²) in [5.74, 6) is 0.693. The van der Waals surface area contributed by atoms with E-state index in [1.54, 1.807) is 0 Å². The lowest BCUT2D eigenvalue weighted by Crippen LogP contribution is -2.41. The van der Waals surface area contributed by atoms with Gasteiger partial charge in [0, 0.05) is 10.2 Å². The molecule has 6 nitrogen and oxygen atoms in total. The van der Waals surface area contributed by atoms with Crippen LogP contribution in [0.2, 0.25) is 0 Å². The number of halogens is 1. The first-order valence-electron chi connectivity index (χ1n) is 8.91. The maximum Gasteiger partial charge on any atom is 0.240 e. The van der Waals surface area contributed by atoms with Gasteiger partial charge >= 0.3 is 0 Å². The highest BCUT2D eigenvalue weighted by Gasteiger charge is 2.37. The van der Waals surface area contributed by atoms with Gasteiger partial charge < -0.3 is 10.7 Å². The van der Waals surface area contributed by atoms with Crippen LogP contribution in [0, 0.1) is 20.8 Å². The van der Waals surface area contributed by atoms with Crippen LogP contribution in [0.25, 0.3) is 0 Å². The van der Waals surface area contributed by atoms with Gasteiger partial charge in [-0.2, -0.15) is 0 Å². The van der Waals surface area contributed by atoms with Crippen LogP contribution in [0.15, 0.2) is 52.1 Å². The lowest BCUT2D eigenvalue weighted by atomic mass is 10.0. The third-order valence-corrected chi connectivity index (χ3v) is 6.82. The molecule has 28 heavy (non-hydrogen) atoms. The van der Waals surface area contributed by atoms with Gasteiger partial charge in [0.2, 0.25) is 11.1 Å². The molecular weight excluding hydrogens is 438 g/mol. The molecule has 0 saturated carbocycles. The molecular formula is C20H20BrN5OS. The molecule has 3 aromatic rings. The molecule has 1 aliphatic heterocycles. The summed E-state index contributed by atoms with van der Waals surface area (Å²) >= 11 is 4.92. The minimum atomic E-state index is -0.386. The Morgan fingerprint density at radius 3 is 2.61 bits per heavy atom. The van der Waals surface area contributed by atoms with Crippen molar-refractivity contribution >= 4 is 39.3 Å². The van der Waals surface area contributed by atoms with E-state index in [4.69, 9.17) is 0 Å². The second kappa shape index (κ2) is 7.60. The van der Waals surface area contributed by atoms with Gasteiger partial charge in [-0.15, -0.1) is 10.2 Å². The van der Waals surface area contributed by atoms with Gasteiger partial charge in [-0.25, -0.2) is 4.68 Å². The fraction of sp³-hybridized carbons (Fsp3) is 0.250. The summed E-state index contributed by atoms with van der Waals surface area (Å²) in [7, 11) is 0. The molecule has 0 spiro atoms. The highest BCUT2D eigenvalue weighted by molar-refractivity contribution is 9.10. The monoisotopic (exact) mass is 457 g/mol. The molecule has 2 aromatic carbocycles. The number of nitrogens with zero attached hydrogens (tertiary/aromatic N) is 3. The number of rotatable bonds is 3. The summed E-state index contributed by atoms with van der Waals surface area (Å²) in [6.07, 6.45) is 0. The van der Waals surface area contributed by atoms with Crippen molar-refractivity contribution in [2.75, 3.05) is 10.7 Å². The second-order valence-electron chi connectivity index (χ2n) is 6.87. The first kappa shape index (κ1) is 19.0. The molecule has 0 unspecified atom stereocenters. The van der Waals surface area contributed by atoms with E-state index in [9.17, 15) is 4.79 Å². The molecule has 8 heteroatoms. The molecule has 0 radical (unpaired) electrons. The first-order valence-corrected chi connectivity index (χ1v) is 10.6. The Morgan fingerprint density at radius 2 is 1.89 bits per heavy atom. The normalized spacial score (nSPS) is 18.3. The number of anilines is 1. The zero-order valence-corrected chi connectivity index (χ0v) is 18.1. The summed E-state index contributed by atoms with van der Waals surface area (Å²) in [4.78, 5) is 13.2. The number of aryl methyl sites for hydroxylation is 3. The minimum absolute atomic E-state index is 0.0725. The van der Waals surface area contributed by atoms with Crippen LogP contribution in [0.1, 0.15) is 28.6 Å². The number of aromatic nitrogens is 3. The Kier molecular flexibility index (Phi) is 5.16. The predicted molar refractivity (Wildman–Crippen MR) is 115 cm³/mol. The zero-order valence-electron chi connectivity index (χ0n) is 15.7. The van der Waals surface area contributed by atoms with E-state index in [0.29, 0.717) is 5.16 Å². The second-order valence-corrected chi connectivity index (χ2v) is 8.84. The quantitative estimate of drug-likeness (QED) is 0.610. The highest BCUT2D eigenvalue weighted by atomic mass is 79.9. The van der Waals surface area contributed by atoms with Crippen molar-refractivity contribution in [1.82, 2.24) is 14.9 Å². The summed E-state index contributed by atoms with van der Waals surface area (Å²) in [5, 5.41) is 11.7. The number of thioether (sulfide) groups is 1. The summed E-state index contributed by atoms with van der Waals surface area (Å²) in [5.41, 5.74) is 7.49. The number of nitrogens with one attached hydrogen (secondary N) is 2. The van der Waals surface area contributed by atoms with Crippen LogP contribution in [0.4, 0.5) is 5.69 Å². The highest BCUT2D eigenvalue weighted by Crippen LogP contribution is 2.37. The SMILES string of the molecule is Cc1ccc([C@H]2Nn3c(C)nnc3S[C@@H]2C(=O)Nc2ccc(Br)c(C)c2)cc1. The summed E-state index contributed by atoms with van der Waals surface area (Å²) in [6, 6.07) is 13.8. The molecule has 1 aliphatic rings. The van der Waals surface area contributed by atoms with Crippen LogP contribution in [-0.4, -0.2) is 26.0 Å². The zero-order chi connectivity index (χ0) is 19.8. The Balaban J connectivity index is 1.65. The number of hydrogen-bond acceptors (Lipinski definition) is 5. The van der Waals surface area contributed by atoms with E-state index in [1.165, 1.54) is 17.3 Å². The van der Waals surface area contributed by atoms with Crippen molar-refractivity contribution in [3.05, 3.63) is 69.5 Å². The Labute approximate surface area is 176 Å². The maximum absolute atomic E-state index is 13.2. The molecule has 0 bridgehead atoms. The average molecular weight is 458 g/mol. The summed E-state index contributed by atoms with van der Waals surface area (Å²) in [6.45, 7) is 5.94. The number of fused-ring (bicyclic) bond motifs is 1. The number of benzene rings is 2. The minimum Gasteiger partial charge on any atom is -0.325 e. The van der Waals surface area contributed by atoms with Crippen LogP contribution < -0.4 is 10.7 Å². The average Bonchev–Trinajstić information content (AvgIpc) is 3.04. The molecule has 2 N–H and O–H groups in total. The largest absolute Gasteiger partial charge is 0.325 e.